The normalized spacial score (nSPS) is 9.74. The molecule has 0 bridgehead atoms. The molecule has 0 aliphatic heterocycles. The number of hydrogen-bond donors (Lipinski definition) is 1. The molecule has 1 N–H and O–H groups in total. The van der Waals surface area contributed by atoms with E-state index in [0.717, 1.165) is 16.8 Å². The maximum atomic E-state index is 8.95. The second-order valence-electron chi connectivity index (χ2n) is 3.88. The van der Waals surface area contributed by atoms with Crippen LogP contribution in [0.3, 0.4) is 0 Å². The lowest BCUT2D eigenvalue weighted by molar-refractivity contribution is 1.33. The third kappa shape index (κ3) is 3.73. The first kappa shape index (κ1) is 14.0. The molecule has 0 amide bonds. The zero-order chi connectivity index (χ0) is 14.3. The van der Waals surface area contributed by atoms with Crippen LogP contribution in [0.25, 0.3) is 0 Å². The fourth-order valence-corrected chi connectivity index (χ4v) is 1.41. The molecule has 19 heavy (non-hydrogen) atoms. The first-order valence-corrected chi connectivity index (χ1v) is 5.57. The number of allylic oxidation sites excluding steroid dienone is 3. The van der Waals surface area contributed by atoms with E-state index >= 15 is 0 Å². The van der Waals surface area contributed by atoms with Gasteiger partial charge in [-0.3, -0.25) is 0 Å². The summed E-state index contributed by atoms with van der Waals surface area (Å²) in [6.07, 6.45) is 2.73. The Balaban J connectivity index is 3.01. The fourth-order valence-electron chi connectivity index (χ4n) is 1.41. The fraction of sp³-hybridized carbons (Fsp3) is 0.133. The van der Waals surface area contributed by atoms with Crippen molar-refractivity contribution in [2.45, 2.75) is 13.8 Å². The molecule has 1 rings (SSSR count). The van der Waals surface area contributed by atoms with Gasteiger partial charge in [-0.05, 0) is 37.1 Å². The van der Waals surface area contributed by atoms with E-state index in [2.05, 4.69) is 5.32 Å². The summed E-state index contributed by atoms with van der Waals surface area (Å²) < 4.78 is 0. The van der Waals surface area contributed by atoms with Gasteiger partial charge in [-0.25, -0.2) is 0 Å². The van der Waals surface area contributed by atoms with Crippen molar-refractivity contribution < 1.29 is 0 Å². The van der Waals surface area contributed by atoms with Crippen LogP contribution in [0, 0.1) is 47.8 Å². The van der Waals surface area contributed by atoms with Gasteiger partial charge in [0, 0.05) is 11.9 Å². The molecule has 0 atom stereocenters. The Kier molecular flexibility index (Phi) is 4.91. The summed E-state index contributed by atoms with van der Waals surface area (Å²) in [5, 5.41) is 29.2. The lowest BCUT2D eigenvalue weighted by Crippen LogP contribution is -1.94. The first-order chi connectivity index (χ1) is 9.12. The first-order valence-electron chi connectivity index (χ1n) is 5.57. The van der Waals surface area contributed by atoms with E-state index in [4.69, 9.17) is 15.8 Å². The lowest BCUT2D eigenvalue weighted by Gasteiger charge is -2.07. The number of nitrogens with one attached hydrogen (secondary N) is 1. The van der Waals surface area contributed by atoms with Gasteiger partial charge in [0.15, 0.2) is 0 Å². The average Bonchev–Trinajstić information content (AvgIpc) is 2.43. The molecule has 0 saturated carbocycles. The molecule has 4 heteroatoms. The van der Waals surface area contributed by atoms with Crippen LogP contribution < -0.4 is 5.32 Å². The third-order valence-corrected chi connectivity index (χ3v) is 2.66. The van der Waals surface area contributed by atoms with Gasteiger partial charge in [-0.1, -0.05) is 12.1 Å². The molecule has 0 aromatic heterocycles. The van der Waals surface area contributed by atoms with Crippen LogP contribution in [0.5, 0.6) is 0 Å². The van der Waals surface area contributed by atoms with Crippen LogP contribution in [-0.2, 0) is 0 Å². The summed E-state index contributed by atoms with van der Waals surface area (Å²) in [5.41, 5.74) is 3.23. The van der Waals surface area contributed by atoms with Crippen LogP contribution in [0.1, 0.15) is 11.1 Å². The second kappa shape index (κ2) is 6.64. The Morgan fingerprint density at radius 1 is 1.11 bits per heavy atom. The molecular formula is C15H12N4. The highest BCUT2D eigenvalue weighted by molar-refractivity contribution is 5.57. The van der Waals surface area contributed by atoms with Crippen molar-refractivity contribution in [3.8, 4) is 18.2 Å². The molecule has 0 fully saturated rings. The number of nitriles is 3. The third-order valence-electron chi connectivity index (χ3n) is 2.66. The number of aryl methyl sites for hydroxylation is 1. The summed E-state index contributed by atoms with van der Waals surface area (Å²) in [6, 6.07) is 11.2. The smallest absolute Gasteiger partial charge is 0.131 e. The van der Waals surface area contributed by atoms with Crippen molar-refractivity contribution in [2.24, 2.45) is 0 Å². The van der Waals surface area contributed by atoms with Gasteiger partial charge >= 0.3 is 0 Å². The van der Waals surface area contributed by atoms with Crippen molar-refractivity contribution >= 4 is 5.69 Å². The predicted octanol–water partition coefficient (Wildman–Crippen LogP) is 3.10. The Bertz CT molecular complexity index is 645. The van der Waals surface area contributed by atoms with Crippen LogP contribution in [0.2, 0.25) is 0 Å². The molecule has 0 unspecified atom stereocenters. The molecule has 0 aliphatic rings. The highest BCUT2D eigenvalue weighted by Crippen LogP contribution is 2.18. The van der Waals surface area contributed by atoms with Gasteiger partial charge in [0.1, 0.15) is 23.8 Å². The van der Waals surface area contributed by atoms with Crippen LogP contribution in [-0.4, -0.2) is 0 Å². The minimum absolute atomic E-state index is 0.101. The summed E-state index contributed by atoms with van der Waals surface area (Å²) in [7, 11) is 0. The zero-order valence-corrected chi connectivity index (χ0v) is 10.7. The predicted molar refractivity (Wildman–Crippen MR) is 72.5 cm³/mol. The number of anilines is 1. The largest absolute Gasteiger partial charge is 0.360 e. The molecule has 0 spiro atoms. The lowest BCUT2D eigenvalue weighted by atomic mass is 10.1. The Morgan fingerprint density at radius 3 is 2.37 bits per heavy atom. The Morgan fingerprint density at radius 2 is 1.79 bits per heavy atom. The van der Waals surface area contributed by atoms with Gasteiger partial charge in [0.25, 0.3) is 0 Å². The molecule has 0 aliphatic carbocycles. The molecule has 0 saturated heterocycles. The SMILES string of the molecule is Cc1cccc(N/C=C(/C#N)C=C(C#N)C#N)c1C. The molecular weight excluding hydrogens is 236 g/mol. The van der Waals surface area contributed by atoms with E-state index in [1.807, 2.05) is 38.1 Å². The molecule has 1 aromatic rings. The minimum Gasteiger partial charge on any atom is -0.360 e. The molecule has 0 radical (unpaired) electrons. The number of benzene rings is 1. The van der Waals surface area contributed by atoms with E-state index in [1.165, 1.54) is 12.3 Å². The standard InChI is InChI=1S/C15H12N4/c1-11-4-3-5-15(12(11)2)19-10-14(9-18)6-13(7-16)8-17/h3-6,10,19H,1-2H3/b14-10+. The van der Waals surface area contributed by atoms with Gasteiger partial charge in [0.05, 0.1) is 5.57 Å². The number of rotatable bonds is 3. The quantitative estimate of drug-likeness (QED) is 0.658. The van der Waals surface area contributed by atoms with E-state index in [-0.39, 0.29) is 11.1 Å². The van der Waals surface area contributed by atoms with Crippen molar-refractivity contribution in [1.29, 1.82) is 15.8 Å². The summed E-state index contributed by atoms with van der Waals surface area (Å²) in [4.78, 5) is 0. The Labute approximate surface area is 112 Å². The summed E-state index contributed by atoms with van der Waals surface area (Å²) in [6.45, 7) is 3.97. The maximum absolute atomic E-state index is 8.95. The van der Waals surface area contributed by atoms with Gasteiger partial charge in [-0.15, -0.1) is 0 Å². The highest BCUT2D eigenvalue weighted by atomic mass is 14.8. The minimum atomic E-state index is -0.101. The number of nitrogens with zero attached hydrogens (tertiary/aromatic N) is 3. The van der Waals surface area contributed by atoms with Crippen LogP contribution in [0.4, 0.5) is 5.69 Å². The Hall–Kier alpha value is -3.03. The second-order valence-corrected chi connectivity index (χ2v) is 3.88. The van der Waals surface area contributed by atoms with Crippen LogP contribution in [0.15, 0.2) is 41.6 Å². The van der Waals surface area contributed by atoms with E-state index in [9.17, 15) is 0 Å². The molecule has 4 nitrogen and oxygen atoms in total. The van der Waals surface area contributed by atoms with Crippen molar-refractivity contribution in [3.63, 3.8) is 0 Å². The average molecular weight is 248 g/mol. The summed E-state index contributed by atoms with van der Waals surface area (Å²) >= 11 is 0. The zero-order valence-electron chi connectivity index (χ0n) is 10.7. The monoisotopic (exact) mass is 248 g/mol. The van der Waals surface area contributed by atoms with Crippen molar-refractivity contribution in [3.05, 3.63) is 52.7 Å². The topological polar surface area (TPSA) is 83.4 Å². The van der Waals surface area contributed by atoms with E-state index in [0.29, 0.717) is 0 Å². The van der Waals surface area contributed by atoms with Crippen molar-refractivity contribution in [1.82, 2.24) is 0 Å². The van der Waals surface area contributed by atoms with Gasteiger partial charge in [0.2, 0.25) is 0 Å². The van der Waals surface area contributed by atoms with E-state index in [1.54, 1.807) is 12.1 Å². The summed E-state index contributed by atoms with van der Waals surface area (Å²) in [5.74, 6) is 0. The van der Waals surface area contributed by atoms with Crippen molar-refractivity contribution in [2.75, 3.05) is 5.32 Å². The maximum Gasteiger partial charge on any atom is 0.131 e. The molecule has 92 valence electrons. The van der Waals surface area contributed by atoms with E-state index < -0.39 is 0 Å². The van der Waals surface area contributed by atoms with Gasteiger partial charge < -0.3 is 5.32 Å². The number of hydrogen-bond acceptors (Lipinski definition) is 4. The molecule has 0 heterocycles. The highest BCUT2D eigenvalue weighted by Gasteiger charge is 2.00. The van der Waals surface area contributed by atoms with Crippen LogP contribution >= 0.6 is 0 Å². The van der Waals surface area contributed by atoms with Gasteiger partial charge in [-0.2, -0.15) is 15.8 Å². The molecule has 1 aromatic carbocycles.